The first-order chi connectivity index (χ1) is 16.1. The van der Waals surface area contributed by atoms with Gasteiger partial charge in [-0.15, -0.1) is 20.4 Å². The highest BCUT2D eigenvalue weighted by Gasteiger charge is 2.27. The van der Waals surface area contributed by atoms with Crippen molar-refractivity contribution >= 4 is 23.2 Å². The Morgan fingerprint density at radius 2 is 1.33 bits per heavy atom. The Morgan fingerprint density at radius 3 is 1.88 bits per heavy atom. The molecule has 1 aliphatic rings. The molecule has 170 valence electrons. The Labute approximate surface area is 201 Å². The van der Waals surface area contributed by atoms with Crippen molar-refractivity contribution in [3.8, 4) is 22.9 Å². The second kappa shape index (κ2) is 9.61. The molecule has 1 unspecified atom stereocenters. The first-order valence-corrected chi connectivity index (χ1v) is 11.4. The third kappa shape index (κ3) is 4.94. The molecular formula is C23H22Cl2N6O2. The number of nitrogens with zero attached hydrogens (tertiary/aromatic N) is 6. The van der Waals surface area contributed by atoms with Crippen molar-refractivity contribution in [2.75, 3.05) is 19.6 Å². The van der Waals surface area contributed by atoms with Gasteiger partial charge in [-0.05, 0) is 31.2 Å². The second-order valence-electron chi connectivity index (χ2n) is 8.02. The SMILES string of the molecule is CC1CN(Cc2nnc(-c3ccccc3Cl)o2)CCN1Cc1nnc(-c2ccccc2Cl)o1. The van der Waals surface area contributed by atoms with Crippen LogP contribution < -0.4 is 0 Å². The molecule has 4 aromatic rings. The minimum atomic E-state index is 0.292. The van der Waals surface area contributed by atoms with E-state index in [2.05, 4.69) is 37.1 Å². The molecule has 0 aliphatic carbocycles. The van der Waals surface area contributed by atoms with E-state index in [1.807, 2.05) is 48.5 Å². The zero-order chi connectivity index (χ0) is 22.8. The van der Waals surface area contributed by atoms with Gasteiger partial charge in [0, 0.05) is 25.7 Å². The van der Waals surface area contributed by atoms with Crippen LogP contribution in [0.25, 0.3) is 22.9 Å². The monoisotopic (exact) mass is 484 g/mol. The van der Waals surface area contributed by atoms with Crippen molar-refractivity contribution < 1.29 is 8.83 Å². The van der Waals surface area contributed by atoms with Crippen molar-refractivity contribution in [2.24, 2.45) is 0 Å². The predicted octanol–water partition coefficient (Wildman–Crippen LogP) is 4.80. The molecule has 1 fully saturated rings. The van der Waals surface area contributed by atoms with Gasteiger partial charge in [0.25, 0.3) is 0 Å². The van der Waals surface area contributed by atoms with E-state index in [4.69, 9.17) is 32.0 Å². The van der Waals surface area contributed by atoms with Crippen LogP contribution in [0.4, 0.5) is 0 Å². The third-order valence-corrected chi connectivity index (χ3v) is 6.35. The topological polar surface area (TPSA) is 84.3 Å². The van der Waals surface area contributed by atoms with E-state index in [0.717, 1.165) is 30.8 Å². The summed E-state index contributed by atoms with van der Waals surface area (Å²) in [6, 6.07) is 15.2. The van der Waals surface area contributed by atoms with Crippen LogP contribution in [-0.4, -0.2) is 55.9 Å². The maximum absolute atomic E-state index is 6.24. The highest BCUT2D eigenvalue weighted by Crippen LogP contribution is 2.28. The van der Waals surface area contributed by atoms with E-state index >= 15 is 0 Å². The zero-order valence-corrected chi connectivity index (χ0v) is 19.5. The summed E-state index contributed by atoms with van der Waals surface area (Å²) in [7, 11) is 0. The van der Waals surface area contributed by atoms with Crippen LogP contribution in [0.1, 0.15) is 18.7 Å². The number of halogens is 2. The summed E-state index contributed by atoms with van der Waals surface area (Å²) >= 11 is 12.5. The van der Waals surface area contributed by atoms with Crippen LogP contribution in [0.3, 0.4) is 0 Å². The lowest BCUT2D eigenvalue weighted by atomic mass is 10.2. The predicted molar refractivity (Wildman–Crippen MR) is 125 cm³/mol. The van der Waals surface area contributed by atoms with Gasteiger partial charge in [-0.1, -0.05) is 47.5 Å². The van der Waals surface area contributed by atoms with Gasteiger partial charge in [0.2, 0.25) is 23.6 Å². The fraction of sp³-hybridized carbons (Fsp3) is 0.304. The lowest BCUT2D eigenvalue weighted by Gasteiger charge is -2.38. The average molecular weight is 485 g/mol. The maximum atomic E-state index is 6.24. The second-order valence-corrected chi connectivity index (χ2v) is 8.83. The Bertz CT molecular complexity index is 1240. The quantitative estimate of drug-likeness (QED) is 0.385. The van der Waals surface area contributed by atoms with Gasteiger partial charge >= 0.3 is 0 Å². The number of rotatable bonds is 6. The molecule has 0 saturated carbocycles. The molecular weight excluding hydrogens is 463 g/mol. The van der Waals surface area contributed by atoms with E-state index in [1.165, 1.54) is 0 Å². The minimum Gasteiger partial charge on any atom is -0.419 e. The average Bonchev–Trinajstić information content (AvgIpc) is 3.46. The van der Waals surface area contributed by atoms with E-state index in [9.17, 15) is 0 Å². The molecule has 0 spiro atoms. The summed E-state index contributed by atoms with van der Waals surface area (Å²) in [4.78, 5) is 4.62. The maximum Gasteiger partial charge on any atom is 0.249 e. The highest BCUT2D eigenvalue weighted by molar-refractivity contribution is 6.33. The molecule has 1 saturated heterocycles. The Morgan fingerprint density at radius 1 is 0.788 bits per heavy atom. The largest absolute Gasteiger partial charge is 0.419 e. The fourth-order valence-electron chi connectivity index (χ4n) is 3.94. The summed E-state index contributed by atoms with van der Waals surface area (Å²) in [5, 5.41) is 17.9. The van der Waals surface area contributed by atoms with Crippen LogP contribution >= 0.6 is 23.2 Å². The van der Waals surface area contributed by atoms with Gasteiger partial charge in [0.15, 0.2) is 0 Å². The van der Waals surface area contributed by atoms with Crippen molar-refractivity contribution in [3.05, 3.63) is 70.4 Å². The number of benzene rings is 2. The van der Waals surface area contributed by atoms with Crippen LogP contribution in [-0.2, 0) is 13.1 Å². The molecule has 8 nitrogen and oxygen atoms in total. The van der Waals surface area contributed by atoms with E-state index < -0.39 is 0 Å². The van der Waals surface area contributed by atoms with Gasteiger partial charge in [0.05, 0.1) is 34.3 Å². The first-order valence-electron chi connectivity index (χ1n) is 10.7. The number of aromatic nitrogens is 4. The number of hydrogen-bond donors (Lipinski definition) is 0. The molecule has 1 aliphatic heterocycles. The molecule has 10 heteroatoms. The Balaban J connectivity index is 1.18. The van der Waals surface area contributed by atoms with Gasteiger partial charge in [0.1, 0.15) is 0 Å². The van der Waals surface area contributed by atoms with Crippen molar-refractivity contribution in [2.45, 2.75) is 26.1 Å². The molecule has 0 radical (unpaired) electrons. The van der Waals surface area contributed by atoms with Crippen LogP contribution in [0.15, 0.2) is 57.4 Å². The molecule has 33 heavy (non-hydrogen) atoms. The molecule has 0 amide bonds. The summed E-state index contributed by atoms with van der Waals surface area (Å²) < 4.78 is 11.7. The summed E-state index contributed by atoms with van der Waals surface area (Å²) in [5.74, 6) is 2.03. The van der Waals surface area contributed by atoms with Gasteiger partial charge < -0.3 is 8.83 Å². The molecule has 2 aromatic carbocycles. The minimum absolute atomic E-state index is 0.292. The molecule has 1 atom stereocenters. The van der Waals surface area contributed by atoms with Crippen LogP contribution in [0, 0.1) is 0 Å². The van der Waals surface area contributed by atoms with Gasteiger partial charge in [-0.2, -0.15) is 0 Å². The Kier molecular flexibility index (Phi) is 6.41. The number of piperazine rings is 1. The number of hydrogen-bond acceptors (Lipinski definition) is 8. The van der Waals surface area contributed by atoms with Crippen molar-refractivity contribution in [1.82, 2.24) is 30.2 Å². The third-order valence-electron chi connectivity index (χ3n) is 5.69. The Hall–Kier alpha value is -2.78. The first kappa shape index (κ1) is 22.0. The molecule has 3 heterocycles. The molecule has 0 bridgehead atoms. The van der Waals surface area contributed by atoms with Crippen molar-refractivity contribution in [3.63, 3.8) is 0 Å². The standard InChI is InChI=1S/C23H22Cl2N6O2/c1-15-12-30(13-20-26-28-22(32-20)16-6-2-4-8-18(16)24)10-11-31(15)14-21-27-29-23(33-21)17-7-3-5-9-19(17)25/h2-9,15H,10-14H2,1H3. The highest BCUT2D eigenvalue weighted by atomic mass is 35.5. The molecule has 2 aromatic heterocycles. The summed E-state index contributed by atoms with van der Waals surface area (Å²) in [6.45, 7) is 5.93. The van der Waals surface area contributed by atoms with E-state index in [1.54, 1.807) is 0 Å². The molecule has 5 rings (SSSR count). The van der Waals surface area contributed by atoms with Gasteiger partial charge in [-0.3, -0.25) is 9.80 Å². The molecule has 0 N–H and O–H groups in total. The lowest BCUT2D eigenvalue weighted by molar-refractivity contribution is 0.0623. The summed E-state index contributed by atoms with van der Waals surface area (Å²) in [6.07, 6.45) is 0. The zero-order valence-electron chi connectivity index (χ0n) is 18.0. The van der Waals surface area contributed by atoms with Gasteiger partial charge in [-0.25, -0.2) is 0 Å². The van der Waals surface area contributed by atoms with Crippen molar-refractivity contribution in [1.29, 1.82) is 0 Å². The van der Waals surface area contributed by atoms with Crippen LogP contribution in [0.5, 0.6) is 0 Å². The normalized spacial score (nSPS) is 17.5. The fourth-order valence-corrected chi connectivity index (χ4v) is 4.37. The van der Waals surface area contributed by atoms with E-state index in [0.29, 0.717) is 52.7 Å². The summed E-state index contributed by atoms with van der Waals surface area (Å²) in [5.41, 5.74) is 1.48. The van der Waals surface area contributed by atoms with Crippen LogP contribution in [0.2, 0.25) is 10.0 Å². The van der Waals surface area contributed by atoms with E-state index in [-0.39, 0.29) is 0 Å². The smallest absolute Gasteiger partial charge is 0.249 e. The lowest BCUT2D eigenvalue weighted by Crippen LogP contribution is -2.51.